The lowest BCUT2D eigenvalue weighted by molar-refractivity contribution is 0.0996. The molecule has 0 fully saturated rings. The molecule has 1 unspecified atom stereocenters. The molecule has 160 valence electrons. The van der Waals surface area contributed by atoms with Gasteiger partial charge in [-0.05, 0) is 53.6 Å². The van der Waals surface area contributed by atoms with Gasteiger partial charge in [0.15, 0.2) is 11.7 Å². The van der Waals surface area contributed by atoms with E-state index in [9.17, 15) is 4.79 Å². The van der Waals surface area contributed by atoms with Gasteiger partial charge in [0.05, 0.1) is 6.26 Å². The summed E-state index contributed by atoms with van der Waals surface area (Å²) in [4.78, 5) is 17.8. The van der Waals surface area contributed by atoms with E-state index in [1.807, 2.05) is 24.3 Å². The van der Waals surface area contributed by atoms with Crippen molar-refractivity contribution in [3.05, 3.63) is 76.4 Å². The van der Waals surface area contributed by atoms with Crippen molar-refractivity contribution in [3.8, 4) is 0 Å². The molecule has 1 atom stereocenters. The van der Waals surface area contributed by atoms with Gasteiger partial charge in [-0.25, -0.2) is 0 Å². The average Bonchev–Trinajstić information content (AvgIpc) is 3.42. The Morgan fingerprint density at radius 2 is 2.03 bits per heavy atom. The summed E-state index contributed by atoms with van der Waals surface area (Å²) in [6.45, 7) is 3.67. The summed E-state index contributed by atoms with van der Waals surface area (Å²) in [5.74, 6) is 1.28. The maximum atomic E-state index is 12.1. The number of aliphatic imine (C=N–C) groups is 1. The van der Waals surface area contributed by atoms with E-state index in [4.69, 9.17) is 4.42 Å². The number of carbonyl (C=O) groups is 1. The molecular formula is C22H27IN4O2S. The van der Waals surface area contributed by atoms with Crippen LogP contribution in [-0.4, -0.2) is 25.5 Å². The van der Waals surface area contributed by atoms with E-state index in [1.54, 1.807) is 30.5 Å². The van der Waals surface area contributed by atoms with E-state index in [2.05, 4.69) is 45.4 Å². The number of guanidine groups is 1. The first-order valence-corrected chi connectivity index (χ1v) is 10.4. The van der Waals surface area contributed by atoms with Crippen LogP contribution in [0.4, 0.5) is 5.69 Å². The highest BCUT2D eigenvalue weighted by molar-refractivity contribution is 14.0. The van der Waals surface area contributed by atoms with Gasteiger partial charge in [0.2, 0.25) is 0 Å². The second-order valence-corrected chi connectivity index (χ2v) is 7.86. The highest BCUT2D eigenvalue weighted by Gasteiger charge is 2.09. The Kier molecular flexibility index (Phi) is 9.88. The fourth-order valence-corrected chi connectivity index (χ4v) is 3.75. The smallest absolute Gasteiger partial charge is 0.291 e. The SMILES string of the molecule is CN=C(NCc1cccc(NC(=O)c2ccco2)c1)NCC(C)Cc1cccs1.I. The number of nitrogens with one attached hydrogen (secondary N) is 3. The molecule has 0 bridgehead atoms. The molecule has 8 heteroatoms. The number of nitrogens with zero attached hydrogens (tertiary/aromatic N) is 1. The number of furan rings is 1. The Morgan fingerprint density at radius 3 is 2.73 bits per heavy atom. The van der Waals surface area contributed by atoms with E-state index in [1.165, 1.54) is 11.1 Å². The van der Waals surface area contributed by atoms with Crippen LogP contribution in [0.2, 0.25) is 0 Å². The van der Waals surface area contributed by atoms with Crippen LogP contribution in [0.1, 0.15) is 27.9 Å². The van der Waals surface area contributed by atoms with Gasteiger partial charge in [-0.2, -0.15) is 0 Å². The third kappa shape index (κ3) is 7.49. The number of hydrogen-bond donors (Lipinski definition) is 3. The normalized spacial score (nSPS) is 12.0. The molecule has 3 rings (SSSR count). The summed E-state index contributed by atoms with van der Waals surface area (Å²) in [5, 5.41) is 11.7. The molecular weight excluding hydrogens is 511 g/mol. The lowest BCUT2D eigenvalue weighted by Crippen LogP contribution is -2.39. The molecule has 2 heterocycles. The number of carbonyl (C=O) groups excluding carboxylic acids is 1. The number of hydrogen-bond acceptors (Lipinski definition) is 4. The average molecular weight is 538 g/mol. The fraction of sp³-hybridized carbons (Fsp3) is 0.273. The molecule has 3 N–H and O–H groups in total. The molecule has 0 radical (unpaired) electrons. The molecule has 0 spiro atoms. The van der Waals surface area contributed by atoms with Gasteiger partial charge < -0.3 is 20.4 Å². The van der Waals surface area contributed by atoms with Crippen molar-refractivity contribution in [2.24, 2.45) is 10.9 Å². The Balaban J connectivity index is 0.00000320. The topological polar surface area (TPSA) is 78.7 Å². The van der Waals surface area contributed by atoms with Crippen molar-refractivity contribution < 1.29 is 9.21 Å². The van der Waals surface area contributed by atoms with Crippen LogP contribution < -0.4 is 16.0 Å². The number of benzene rings is 1. The van der Waals surface area contributed by atoms with Crippen molar-refractivity contribution in [1.29, 1.82) is 0 Å². The number of thiophene rings is 1. The Hall–Kier alpha value is -2.33. The lowest BCUT2D eigenvalue weighted by atomic mass is 10.1. The molecule has 0 aliphatic rings. The number of rotatable bonds is 8. The number of amides is 1. The molecule has 2 aromatic heterocycles. The summed E-state index contributed by atoms with van der Waals surface area (Å²) in [5.41, 5.74) is 1.76. The minimum atomic E-state index is -0.266. The number of anilines is 1. The maximum Gasteiger partial charge on any atom is 0.291 e. The van der Waals surface area contributed by atoms with E-state index >= 15 is 0 Å². The largest absolute Gasteiger partial charge is 0.459 e. The quantitative estimate of drug-likeness (QED) is 0.220. The highest BCUT2D eigenvalue weighted by atomic mass is 127. The van der Waals surface area contributed by atoms with Crippen molar-refractivity contribution in [2.45, 2.75) is 19.9 Å². The van der Waals surface area contributed by atoms with Crippen LogP contribution in [0.25, 0.3) is 0 Å². The molecule has 0 aliphatic carbocycles. The van der Waals surface area contributed by atoms with Crippen LogP contribution >= 0.6 is 35.3 Å². The van der Waals surface area contributed by atoms with E-state index in [0.717, 1.165) is 30.2 Å². The molecule has 0 aliphatic heterocycles. The summed E-state index contributed by atoms with van der Waals surface area (Å²) >= 11 is 1.79. The Bertz CT molecular complexity index is 927. The van der Waals surface area contributed by atoms with E-state index in [-0.39, 0.29) is 35.6 Å². The van der Waals surface area contributed by atoms with E-state index in [0.29, 0.717) is 12.5 Å². The molecule has 30 heavy (non-hydrogen) atoms. The van der Waals surface area contributed by atoms with Crippen LogP contribution in [0.15, 0.2) is 69.6 Å². The third-order valence-corrected chi connectivity index (χ3v) is 5.26. The molecule has 1 amide bonds. The van der Waals surface area contributed by atoms with E-state index < -0.39 is 0 Å². The van der Waals surface area contributed by atoms with Crippen LogP contribution in [-0.2, 0) is 13.0 Å². The fourth-order valence-electron chi connectivity index (χ4n) is 2.88. The zero-order valence-electron chi connectivity index (χ0n) is 17.1. The Labute approximate surface area is 198 Å². The molecule has 6 nitrogen and oxygen atoms in total. The van der Waals surface area contributed by atoms with Gasteiger partial charge in [-0.15, -0.1) is 35.3 Å². The second-order valence-electron chi connectivity index (χ2n) is 6.83. The summed E-state index contributed by atoms with van der Waals surface area (Å²) in [6.07, 6.45) is 2.54. The first-order valence-electron chi connectivity index (χ1n) is 9.54. The van der Waals surface area contributed by atoms with Crippen molar-refractivity contribution in [1.82, 2.24) is 10.6 Å². The van der Waals surface area contributed by atoms with Gasteiger partial charge in [-0.1, -0.05) is 25.1 Å². The monoisotopic (exact) mass is 538 g/mol. The molecule has 3 aromatic rings. The predicted molar refractivity (Wildman–Crippen MR) is 134 cm³/mol. The zero-order chi connectivity index (χ0) is 20.5. The second kappa shape index (κ2) is 12.4. The van der Waals surface area contributed by atoms with Crippen LogP contribution in [0.5, 0.6) is 0 Å². The first kappa shape index (κ1) is 23.9. The van der Waals surface area contributed by atoms with Gasteiger partial charge in [0.1, 0.15) is 0 Å². The minimum Gasteiger partial charge on any atom is -0.459 e. The third-order valence-electron chi connectivity index (χ3n) is 4.36. The summed E-state index contributed by atoms with van der Waals surface area (Å²) in [7, 11) is 1.76. The van der Waals surface area contributed by atoms with Gasteiger partial charge in [0.25, 0.3) is 5.91 Å². The van der Waals surface area contributed by atoms with Gasteiger partial charge >= 0.3 is 0 Å². The minimum absolute atomic E-state index is 0. The van der Waals surface area contributed by atoms with Gasteiger partial charge in [0, 0.05) is 30.7 Å². The van der Waals surface area contributed by atoms with Crippen LogP contribution in [0.3, 0.4) is 0 Å². The number of halogens is 1. The highest BCUT2D eigenvalue weighted by Crippen LogP contribution is 2.14. The zero-order valence-corrected chi connectivity index (χ0v) is 20.2. The first-order chi connectivity index (χ1) is 14.1. The van der Waals surface area contributed by atoms with Gasteiger partial charge in [-0.3, -0.25) is 9.79 Å². The lowest BCUT2D eigenvalue weighted by Gasteiger charge is -2.16. The van der Waals surface area contributed by atoms with Crippen molar-refractivity contribution in [2.75, 3.05) is 18.9 Å². The van der Waals surface area contributed by atoms with Crippen LogP contribution in [0, 0.1) is 5.92 Å². The molecule has 0 saturated heterocycles. The molecule has 0 saturated carbocycles. The standard InChI is InChI=1S/C22H26N4O2S.HI/c1-16(12-19-8-5-11-29-19)14-24-22(23-2)25-15-17-6-3-7-18(13-17)26-21(27)20-9-4-10-28-20;/h3-11,13,16H,12,14-15H2,1-2H3,(H,26,27)(H2,23,24,25);1H. The van der Waals surface area contributed by atoms with Crippen molar-refractivity contribution >= 4 is 52.9 Å². The summed E-state index contributed by atoms with van der Waals surface area (Å²) in [6, 6.07) is 15.3. The summed E-state index contributed by atoms with van der Waals surface area (Å²) < 4.78 is 5.12. The Morgan fingerprint density at radius 1 is 1.17 bits per heavy atom. The maximum absolute atomic E-state index is 12.1. The predicted octanol–water partition coefficient (Wildman–Crippen LogP) is 4.76. The molecule has 1 aromatic carbocycles. The van der Waals surface area contributed by atoms with Crippen molar-refractivity contribution in [3.63, 3.8) is 0 Å².